The lowest BCUT2D eigenvalue weighted by molar-refractivity contribution is 0.381. The molecule has 0 heterocycles. The van der Waals surface area contributed by atoms with Crippen molar-refractivity contribution < 1.29 is 0 Å². The molecule has 0 aliphatic heterocycles. The Morgan fingerprint density at radius 1 is 1.29 bits per heavy atom. The van der Waals surface area contributed by atoms with Crippen LogP contribution in [0.4, 0.5) is 0 Å². The van der Waals surface area contributed by atoms with Crippen LogP contribution in [0.25, 0.3) is 0 Å². The van der Waals surface area contributed by atoms with Crippen LogP contribution in [0.1, 0.15) is 50.2 Å². The molecule has 0 nitrogen and oxygen atoms in total. The van der Waals surface area contributed by atoms with Crippen molar-refractivity contribution in [1.82, 2.24) is 0 Å². The van der Waals surface area contributed by atoms with Gasteiger partial charge in [0.25, 0.3) is 0 Å². The van der Waals surface area contributed by atoms with Crippen molar-refractivity contribution >= 4 is 0 Å². The molecule has 1 aliphatic rings. The Balaban J connectivity index is 2.31. The van der Waals surface area contributed by atoms with Crippen LogP contribution in [-0.4, -0.2) is 0 Å². The largest absolute Gasteiger partial charge is 0.0654 e. The molecule has 2 rings (SSSR count). The quantitative estimate of drug-likeness (QED) is 0.654. The zero-order valence-corrected chi connectivity index (χ0v) is 9.29. The fraction of sp³-hybridized carbons (Fsp3) is 0.571. The second-order valence-corrected chi connectivity index (χ2v) is 4.61. The van der Waals surface area contributed by atoms with E-state index in [1.807, 2.05) is 0 Å². The molecule has 0 N–H and O–H groups in total. The summed E-state index contributed by atoms with van der Waals surface area (Å²) in [5.41, 5.74) is 3.23. The van der Waals surface area contributed by atoms with Crippen LogP contribution in [-0.2, 0) is 6.42 Å². The molecule has 76 valence electrons. The average molecular weight is 188 g/mol. The first-order valence-corrected chi connectivity index (χ1v) is 5.90. The number of hydrogen-bond donors (Lipinski definition) is 0. The van der Waals surface area contributed by atoms with E-state index < -0.39 is 0 Å². The summed E-state index contributed by atoms with van der Waals surface area (Å²) in [4.78, 5) is 0. The predicted octanol–water partition coefficient (Wildman–Crippen LogP) is 4.15. The molecule has 0 fully saturated rings. The minimum atomic E-state index is 0.824. The fourth-order valence-electron chi connectivity index (χ4n) is 2.77. The summed E-state index contributed by atoms with van der Waals surface area (Å²) >= 11 is 0. The van der Waals surface area contributed by atoms with Gasteiger partial charge in [-0.3, -0.25) is 0 Å². The van der Waals surface area contributed by atoms with Crippen molar-refractivity contribution in [3.63, 3.8) is 0 Å². The summed E-state index contributed by atoms with van der Waals surface area (Å²) in [6.45, 7) is 4.71. The highest BCUT2D eigenvalue weighted by Gasteiger charge is 2.24. The number of rotatable bonds is 2. The average Bonchev–Trinajstić information content (AvgIpc) is 2.23. The lowest BCUT2D eigenvalue weighted by atomic mass is 9.74. The van der Waals surface area contributed by atoms with Crippen molar-refractivity contribution in [1.29, 1.82) is 0 Å². The van der Waals surface area contributed by atoms with E-state index in [4.69, 9.17) is 0 Å². The highest BCUT2D eigenvalue weighted by Crippen LogP contribution is 2.38. The zero-order chi connectivity index (χ0) is 9.97. The minimum absolute atomic E-state index is 0.824. The van der Waals surface area contributed by atoms with E-state index in [0.29, 0.717) is 0 Å². The van der Waals surface area contributed by atoms with Gasteiger partial charge in [0, 0.05) is 0 Å². The van der Waals surface area contributed by atoms with Crippen molar-refractivity contribution in [2.45, 2.75) is 45.4 Å². The van der Waals surface area contributed by atoms with Gasteiger partial charge < -0.3 is 0 Å². The third-order valence-corrected chi connectivity index (χ3v) is 3.61. The van der Waals surface area contributed by atoms with Gasteiger partial charge in [-0.25, -0.2) is 0 Å². The van der Waals surface area contributed by atoms with Crippen molar-refractivity contribution in [2.24, 2.45) is 5.92 Å². The van der Waals surface area contributed by atoms with Gasteiger partial charge in [-0.1, -0.05) is 44.5 Å². The Bertz CT molecular complexity index is 301. The normalized spacial score (nSPS) is 25.9. The molecular weight excluding hydrogens is 168 g/mol. The molecular formula is C14H20. The van der Waals surface area contributed by atoms with Crippen molar-refractivity contribution in [2.75, 3.05) is 0 Å². The van der Waals surface area contributed by atoms with E-state index >= 15 is 0 Å². The monoisotopic (exact) mass is 188 g/mol. The second-order valence-electron chi connectivity index (χ2n) is 4.61. The molecule has 0 bridgehead atoms. The van der Waals surface area contributed by atoms with Gasteiger partial charge in [0.2, 0.25) is 0 Å². The van der Waals surface area contributed by atoms with E-state index in [1.165, 1.54) is 25.7 Å². The SMILES string of the molecule is CCC[C@H]1c2ccccc2CCC1C. The summed E-state index contributed by atoms with van der Waals surface area (Å²) in [5.74, 6) is 1.70. The van der Waals surface area contributed by atoms with Crippen LogP contribution in [0, 0.1) is 5.92 Å². The first-order chi connectivity index (χ1) is 6.83. The van der Waals surface area contributed by atoms with Gasteiger partial charge in [0.05, 0.1) is 0 Å². The molecule has 14 heavy (non-hydrogen) atoms. The predicted molar refractivity (Wildman–Crippen MR) is 61.6 cm³/mol. The summed E-state index contributed by atoms with van der Waals surface area (Å²) in [5, 5.41) is 0. The maximum Gasteiger partial charge on any atom is -0.0133 e. The lowest BCUT2D eigenvalue weighted by Gasteiger charge is -2.31. The molecule has 1 aromatic rings. The van der Waals surface area contributed by atoms with Crippen molar-refractivity contribution in [3.8, 4) is 0 Å². The number of aryl methyl sites for hydroxylation is 1. The Morgan fingerprint density at radius 3 is 2.86 bits per heavy atom. The fourth-order valence-corrected chi connectivity index (χ4v) is 2.77. The van der Waals surface area contributed by atoms with Gasteiger partial charge in [-0.2, -0.15) is 0 Å². The van der Waals surface area contributed by atoms with E-state index in [-0.39, 0.29) is 0 Å². The van der Waals surface area contributed by atoms with Crippen LogP contribution in [0.5, 0.6) is 0 Å². The standard InChI is InChI=1S/C14H20/c1-3-6-13-11(2)9-10-12-7-4-5-8-14(12)13/h4-5,7-8,11,13H,3,6,9-10H2,1-2H3/t11?,13-/m1/s1. The minimum Gasteiger partial charge on any atom is -0.0654 e. The van der Waals surface area contributed by atoms with Gasteiger partial charge in [-0.05, 0) is 42.2 Å². The highest BCUT2D eigenvalue weighted by atomic mass is 14.3. The van der Waals surface area contributed by atoms with Crippen LogP contribution < -0.4 is 0 Å². The topological polar surface area (TPSA) is 0 Å². The summed E-state index contributed by atoms with van der Waals surface area (Å²) in [6, 6.07) is 9.02. The smallest absolute Gasteiger partial charge is 0.0133 e. The third kappa shape index (κ3) is 1.70. The van der Waals surface area contributed by atoms with Gasteiger partial charge in [0.15, 0.2) is 0 Å². The van der Waals surface area contributed by atoms with Crippen LogP contribution in [0.3, 0.4) is 0 Å². The summed E-state index contributed by atoms with van der Waals surface area (Å²) < 4.78 is 0. The lowest BCUT2D eigenvalue weighted by Crippen LogP contribution is -2.18. The number of benzene rings is 1. The Hall–Kier alpha value is -0.780. The van der Waals surface area contributed by atoms with Gasteiger partial charge in [0.1, 0.15) is 0 Å². The van der Waals surface area contributed by atoms with Crippen LogP contribution >= 0.6 is 0 Å². The maximum absolute atomic E-state index is 2.41. The van der Waals surface area contributed by atoms with E-state index in [2.05, 4.69) is 38.1 Å². The van der Waals surface area contributed by atoms with E-state index in [0.717, 1.165) is 11.8 Å². The molecule has 0 saturated carbocycles. The molecule has 1 unspecified atom stereocenters. The molecule has 0 radical (unpaired) electrons. The molecule has 0 aromatic heterocycles. The van der Waals surface area contributed by atoms with E-state index in [1.54, 1.807) is 11.1 Å². The number of hydrogen-bond acceptors (Lipinski definition) is 0. The summed E-state index contributed by atoms with van der Waals surface area (Å²) in [6.07, 6.45) is 5.33. The van der Waals surface area contributed by atoms with Gasteiger partial charge >= 0.3 is 0 Å². The first-order valence-electron chi connectivity index (χ1n) is 5.90. The van der Waals surface area contributed by atoms with E-state index in [9.17, 15) is 0 Å². The second kappa shape index (κ2) is 4.16. The Morgan fingerprint density at radius 2 is 2.07 bits per heavy atom. The van der Waals surface area contributed by atoms with Crippen molar-refractivity contribution in [3.05, 3.63) is 35.4 Å². The molecule has 0 spiro atoms. The first kappa shape index (κ1) is 9.76. The van der Waals surface area contributed by atoms with Gasteiger partial charge in [-0.15, -0.1) is 0 Å². The number of fused-ring (bicyclic) bond motifs is 1. The summed E-state index contributed by atoms with van der Waals surface area (Å²) in [7, 11) is 0. The maximum atomic E-state index is 2.41. The van der Waals surface area contributed by atoms with Crippen LogP contribution in [0.15, 0.2) is 24.3 Å². The zero-order valence-electron chi connectivity index (χ0n) is 9.29. The molecule has 1 aromatic carbocycles. The molecule has 0 heteroatoms. The molecule has 0 amide bonds. The third-order valence-electron chi connectivity index (χ3n) is 3.61. The van der Waals surface area contributed by atoms with Crippen LogP contribution in [0.2, 0.25) is 0 Å². The molecule has 1 aliphatic carbocycles. The Kier molecular flexibility index (Phi) is 2.90. The molecule has 0 saturated heterocycles. The molecule has 2 atom stereocenters. The Labute approximate surface area is 87.3 Å². The highest BCUT2D eigenvalue weighted by molar-refractivity contribution is 5.33.